The van der Waals surface area contributed by atoms with Crippen LogP contribution in [-0.4, -0.2) is 75.2 Å². The second-order valence-corrected chi connectivity index (χ2v) is 15.3. The van der Waals surface area contributed by atoms with Crippen LogP contribution in [-0.2, 0) is 24.3 Å². The van der Waals surface area contributed by atoms with E-state index in [2.05, 4.69) is 76.5 Å². The Hall–Kier alpha value is -5.82. The summed E-state index contributed by atoms with van der Waals surface area (Å²) in [5, 5.41) is 10.8. The molecular formula is C43H51N9O4. The highest BCUT2D eigenvalue weighted by atomic mass is 16.2. The number of aromatic amines is 1. The summed E-state index contributed by atoms with van der Waals surface area (Å²) in [6, 6.07) is 18.0. The van der Waals surface area contributed by atoms with Crippen LogP contribution in [0.5, 0.6) is 0 Å². The highest BCUT2D eigenvalue weighted by molar-refractivity contribution is 6.08. The van der Waals surface area contributed by atoms with Gasteiger partial charge in [0.2, 0.25) is 5.91 Å². The summed E-state index contributed by atoms with van der Waals surface area (Å²) in [5.41, 5.74) is 7.17. The summed E-state index contributed by atoms with van der Waals surface area (Å²) in [7, 11) is 2.13. The van der Waals surface area contributed by atoms with Crippen LogP contribution in [0.3, 0.4) is 0 Å². The molecule has 2 aliphatic rings. The molecular weight excluding hydrogens is 707 g/mol. The van der Waals surface area contributed by atoms with Gasteiger partial charge in [0, 0.05) is 85.3 Å². The molecule has 5 heterocycles. The molecule has 3 aromatic heterocycles. The quantitative estimate of drug-likeness (QED) is 0.138. The van der Waals surface area contributed by atoms with Gasteiger partial charge in [-0.2, -0.15) is 5.10 Å². The van der Waals surface area contributed by atoms with E-state index in [1.165, 1.54) is 0 Å². The van der Waals surface area contributed by atoms with Crippen molar-refractivity contribution in [3.8, 4) is 11.1 Å². The lowest BCUT2D eigenvalue weighted by molar-refractivity contribution is -0.120. The van der Waals surface area contributed by atoms with Crippen molar-refractivity contribution in [1.29, 1.82) is 0 Å². The zero-order valence-corrected chi connectivity index (χ0v) is 32.9. The first-order valence-corrected chi connectivity index (χ1v) is 19.6. The molecule has 7 rings (SSSR count). The van der Waals surface area contributed by atoms with Crippen LogP contribution in [0.15, 0.2) is 71.8 Å². The molecule has 0 spiro atoms. The Balaban J connectivity index is 1.04. The van der Waals surface area contributed by atoms with Crippen molar-refractivity contribution < 1.29 is 14.4 Å². The number of pyridine rings is 2. The molecule has 0 unspecified atom stereocenters. The van der Waals surface area contributed by atoms with E-state index in [9.17, 15) is 19.2 Å². The van der Waals surface area contributed by atoms with Crippen LogP contribution >= 0.6 is 0 Å². The molecule has 0 radical (unpaired) electrons. The van der Waals surface area contributed by atoms with Crippen molar-refractivity contribution in [2.45, 2.75) is 85.0 Å². The van der Waals surface area contributed by atoms with Crippen LogP contribution in [0.1, 0.15) is 85.2 Å². The number of aryl methyl sites for hydroxylation is 2. The number of carbonyl (C=O) groups excluding carboxylic acids is 3. The standard InChI is InChI=1S/C43H51N9O4/c1-6-9-29-20-28(4)47-42(55)35(29)24-45-41(54)34-21-32(22-38-36(34)25-46-52(38)27(2)3)30-12-13-39(44-23-30)50-17-14-33(15-18-50)49(5)26-31-10-7-8-11-37(31)51-19-16-40(53)48-43(51)56/h7-8,10-13,20-23,25,27,33H,6,9,14-19,24,26H2,1-5H3,(H,45,54)(H,47,55)(H,48,53,56). The van der Waals surface area contributed by atoms with Crippen LogP contribution in [0.4, 0.5) is 16.3 Å². The third-order valence-corrected chi connectivity index (χ3v) is 11.0. The number of anilines is 2. The van der Waals surface area contributed by atoms with Crippen molar-refractivity contribution >= 4 is 40.3 Å². The first-order valence-electron chi connectivity index (χ1n) is 19.6. The minimum atomic E-state index is -0.370. The fourth-order valence-electron chi connectivity index (χ4n) is 8.03. The molecule has 0 atom stereocenters. The predicted molar refractivity (Wildman–Crippen MR) is 219 cm³/mol. The average molecular weight is 758 g/mol. The number of benzene rings is 2. The van der Waals surface area contributed by atoms with E-state index in [1.807, 2.05) is 54.2 Å². The second kappa shape index (κ2) is 16.5. The van der Waals surface area contributed by atoms with Crippen LogP contribution in [0.25, 0.3) is 22.0 Å². The van der Waals surface area contributed by atoms with E-state index in [0.29, 0.717) is 36.7 Å². The van der Waals surface area contributed by atoms with Gasteiger partial charge in [0.25, 0.3) is 11.5 Å². The maximum absolute atomic E-state index is 13.9. The van der Waals surface area contributed by atoms with Gasteiger partial charge in [0.1, 0.15) is 5.82 Å². The third-order valence-electron chi connectivity index (χ3n) is 11.0. The van der Waals surface area contributed by atoms with Gasteiger partial charge in [0.15, 0.2) is 0 Å². The molecule has 0 bridgehead atoms. The summed E-state index contributed by atoms with van der Waals surface area (Å²) in [5.74, 6) is 0.401. The fourth-order valence-corrected chi connectivity index (χ4v) is 8.03. The van der Waals surface area contributed by atoms with Crippen LogP contribution in [0, 0.1) is 6.92 Å². The summed E-state index contributed by atoms with van der Waals surface area (Å²) in [6.07, 6.45) is 7.49. The summed E-state index contributed by atoms with van der Waals surface area (Å²) < 4.78 is 1.92. The third kappa shape index (κ3) is 8.08. The summed E-state index contributed by atoms with van der Waals surface area (Å²) in [4.78, 5) is 65.2. The first kappa shape index (κ1) is 38.5. The lowest BCUT2D eigenvalue weighted by atomic mass is 10.00. The summed E-state index contributed by atoms with van der Waals surface area (Å²) >= 11 is 0. The number of urea groups is 1. The molecule has 13 nitrogen and oxygen atoms in total. The van der Waals surface area contributed by atoms with E-state index >= 15 is 0 Å². The Kier molecular flexibility index (Phi) is 11.3. The van der Waals surface area contributed by atoms with Gasteiger partial charge in [-0.15, -0.1) is 0 Å². The Labute approximate surface area is 327 Å². The molecule has 292 valence electrons. The van der Waals surface area contributed by atoms with Crippen molar-refractivity contribution in [2.75, 3.05) is 36.5 Å². The molecule has 3 N–H and O–H groups in total. The molecule has 56 heavy (non-hydrogen) atoms. The Morgan fingerprint density at radius 2 is 1.77 bits per heavy atom. The Morgan fingerprint density at radius 1 is 0.982 bits per heavy atom. The minimum absolute atomic E-state index is 0.0849. The smallest absolute Gasteiger partial charge is 0.328 e. The maximum atomic E-state index is 13.9. The number of nitrogens with one attached hydrogen (secondary N) is 3. The van der Waals surface area contributed by atoms with Crippen LogP contribution in [0.2, 0.25) is 0 Å². The van der Waals surface area contributed by atoms with E-state index in [1.54, 1.807) is 11.1 Å². The number of H-pyrrole nitrogens is 1. The molecule has 2 fully saturated rings. The lowest BCUT2D eigenvalue weighted by Gasteiger charge is -2.38. The number of carbonyl (C=O) groups is 3. The molecule has 2 aliphatic heterocycles. The van der Waals surface area contributed by atoms with E-state index in [0.717, 1.165) is 89.1 Å². The zero-order valence-electron chi connectivity index (χ0n) is 32.9. The molecule has 2 saturated heterocycles. The van der Waals surface area contributed by atoms with Crippen molar-refractivity contribution in [1.82, 2.24) is 35.3 Å². The van der Waals surface area contributed by atoms with Crippen molar-refractivity contribution in [3.63, 3.8) is 0 Å². The first-order chi connectivity index (χ1) is 27.0. The van der Waals surface area contributed by atoms with Gasteiger partial charge >= 0.3 is 6.03 Å². The summed E-state index contributed by atoms with van der Waals surface area (Å²) in [6.45, 7) is 11.0. The highest BCUT2D eigenvalue weighted by Gasteiger charge is 2.28. The van der Waals surface area contributed by atoms with Crippen molar-refractivity contribution in [2.24, 2.45) is 0 Å². The number of hydrogen-bond acceptors (Lipinski definition) is 8. The minimum Gasteiger partial charge on any atom is -0.357 e. The molecule has 0 aliphatic carbocycles. The largest absolute Gasteiger partial charge is 0.357 e. The Morgan fingerprint density at radius 3 is 2.48 bits per heavy atom. The number of para-hydroxylation sites is 1. The molecule has 4 amide bonds. The maximum Gasteiger partial charge on any atom is 0.328 e. The second-order valence-electron chi connectivity index (χ2n) is 15.3. The van der Waals surface area contributed by atoms with Crippen LogP contribution < -0.4 is 26.0 Å². The van der Waals surface area contributed by atoms with E-state index < -0.39 is 0 Å². The predicted octanol–water partition coefficient (Wildman–Crippen LogP) is 6.11. The number of amides is 4. The fraction of sp³-hybridized carbons (Fsp3) is 0.395. The van der Waals surface area contributed by atoms with Gasteiger partial charge < -0.3 is 15.2 Å². The van der Waals surface area contributed by atoms with Gasteiger partial charge in [0.05, 0.1) is 17.3 Å². The number of piperidine rings is 1. The molecule has 13 heteroatoms. The van der Waals surface area contributed by atoms with E-state index in [4.69, 9.17) is 4.98 Å². The van der Waals surface area contributed by atoms with Gasteiger partial charge in [-0.25, -0.2) is 9.78 Å². The van der Waals surface area contributed by atoms with Gasteiger partial charge in [-0.1, -0.05) is 31.5 Å². The van der Waals surface area contributed by atoms with E-state index in [-0.39, 0.29) is 36.0 Å². The number of fused-ring (bicyclic) bond motifs is 1. The molecule has 2 aromatic carbocycles. The van der Waals surface area contributed by atoms with Gasteiger partial charge in [-0.05, 0) is 100 Å². The lowest BCUT2D eigenvalue weighted by Crippen LogP contribution is -2.50. The molecule has 0 saturated carbocycles. The SMILES string of the molecule is CCCc1cc(C)[nH]c(=O)c1CNC(=O)c1cc(-c2ccc(N3CCC(N(C)Cc4ccccc4N4CCC(=O)NC4=O)CC3)nc2)cc2c1cnn2C(C)C. The number of nitrogens with zero attached hydrogens (tertiary/aromatic N) is 6. The zero-order chi connectivity index (χ0) is 39.5. The topological polar surface area (TPSA) is 149 Å². The van der Waals surface area contributed by atoms with Gasteiger partial charge in [-0.3, -0.25) is 34.2 Å². The number of aromatic nitrogens is 4. The number of rotatable bonds is 12. The monoisotopic (exact) mass is 757 g/mol. The van der Waals surface area contributed by atoms with Crippen molar-refractivity contribution in [3.05, 3.63) is 105 Å². The Bertz CT molecular complexity index is 2300. The molecule has 5 aromatic rings. The number of imide groups is 1. The normalized spacial score (nSPS) is 15.3. The average Bonchev–Trinajstić information content (AvgIpc) is 3.62. The highest BCUT2D eigenvalue weighted by Crippen LogP contribution is 2.31. The number of hydrogen-bond donors (Lipinski definition) is 3.